The van der Waals surface area contributed by atoms with E-state index in [1.165, 1.54) is 11.0 Å². The van der Waals surface area contributed by atoms with E-state index in [1.54, 1.807) is 21.5 Å². The van der Waals surface area contributed by atoms with Crippen molar-refractivity contribution in [2.24, 2.45) is 0 Å². The molecule has 12 nitrogen and oxygen atoms in total. The lowest BCUT2D eigenvalue weighted by Crippen LogP contribution is -2.27. The smallest absolute Gasteiger partial charge is 0.284 e. The molecule has 1 aliphatic heterocycles. The highest BCUT2D eigenvalue weighted by molar-refractivity contribution is 6.04. The molecule has 1 amide bonds. The average molecular weight is 539 g/mol. The van der Waals surface area contributed by atoms with Gasteiger partial charge in [-0.05, 0) is 43.2 Å². The molecule has 40 heavy (non-hydrogen) atoms. The van der Waals surface area contributed by atoms with Crippen molar-refractivity contribution in [1.29, 1.82) is 0 Å². The number of hydrogen-bond donors (Lipinski definition) is 3. The van der Waals surface area contributed by atoms with Crippen LogP contribution < -0.4 is 16.6 Å². The summed E-state index contributed by atoms with van der Waals surface area (Å²) in [6.07, 6.45) is 4.08. The molecular formula is C28H26N8O4. The third-order valence-electron chi connectivity index (χ3n) is 7.62. The molecule has 0 unspecified atom stereocenters. The van der Waals surface area contributed by atoms with Crippen LogP contribution in [0, 0.1) is 0 Å². The number of aliphatic hydroxyl groups excluding tert-OH is 1. The van der Waals surface area contributed by atoms with Crippen LogP contribution >= 0.6 is 0 Å². The fourth-order valence-electron chi connectivity index (χ4n) is 5.58. The highest BCUT2D eigenvalue weighted by atomic mass is 16.5. The fourth-order valence-corrected chi connectivity index (χ4v) is 5.58. The second-order valence-corrected chi connectivity index (χ2v) is 10.0. The zero-order valence-electron chi connectivity index (χ0n) is 21.4. The summed E-state index contributed by atoms with van der Waals surface area (Å²) in [6.45, 7) is 1.07. The Morgan fingerprint density at radius 3 is 2.70 bits per heavy atom. The van der Waals surface area contributed by atoms with Crippen molar-refractivity contribution in [3.8, 4) is 16.8 Å². The van der Waals surface area contributed by atoms with E-state index in [9.17, 15) is 14.7 Å². The summed E-state index contributed by atoms with van der Waals surface area (Å²) in [7, 11) is 0. The maximum Gasteiger partial charge on any atom is 0.284 e. The van der Waals surface area contributed by atoms with Crippen molar-refractivity contribution in [3.63, 3.8) is 0 Å². The number of nitrogen functional groups attached to an aromatic ring is 1. The number of ether oxygens (including phenoxy) is 1. The van der Waals surface area contributed by atoms with Gasteiger partial charge in [0, 0.05) is 28.9 Å². The molecule has 1 aromatic carbocycles. The lowest BCUT2D eigenvalue weighted by Gasteiger charge is -2.30. The van der Waals surface area contributed by atoms with Crippen LogP contribution in [-0.2, 0) is 17.9 Å². The van der Waals surface area contributed by atoms with Gasteiger partial charge in [-0.15, -0.1) is 0 Å². The number of aliphatic hydroxyl groups is 1. The van der Waals surface area contributed by atoms with Gasteiger partial charge < -0.3 is 20.9 Å². The molecule has 12 heteroatoms. The number of amides is 1. The number of rotatable bonds is 5. The van der Waals surface area contributed by atoms with Gasteiger partial charge in [-0.25, -0.2) is 19.2 Å². The third-order valence-corrected chi connectivity index (χ3v) is 7.62. The second-order valence-electron chi connectivity index (χ2n) is 10.0. The van der Waals surface area contributed by atoms with Crippen LogP contribution in [0.15, 0.2) is 65.8 Å². The van der Waals surface area contributed by atoms with Crippen molar-refractivity contribution < 1.29 is 14.6 Å². The van der Waals surface area contributed by atoms with E-state index in [-0.39, 0.29) is 24.2 Å². The molecular weight excluding hydrogens is 512 g/mol. The SMILES string of the molecule is Nc1ncnn2c(C3CC(O)C3)cc(-c3ccc(NC(=O)c4c5n(n(-c6ccccc6)c4=O)CCOC5)nc3)c12. The first-order chi connectivity index (χ1) is 19.5. The third kappa shape index (κ3) is 3.88. The van der Waals surface area contributed by atoms with Crippen LogP contribution in [0.2, 0.25) is 0 Å². The van der Waals surface area contributed by atoms with Gasteiger partial charge in [0.1, 0.15) is 23.2 Å². The van der Waals surface area contributed by atoms with E-state index < -0.39 is 11.5 Å². The summed E-state index contributed by atoms with van der Waals surface area (Å²) in [5.41, 5.74) is 10.2. The van der Waals surface area contributed by atoms with Gasteiger partial charge in [0.2, 0.25) is 0 Å². The Morgan fingerprint density at radius 1 is 1.12 bits per heavy atom. The van der Waals surface area contributed by atoms with Crippen LogP contribution in [0.1, 0.15) is 40.5 Å². The molecule has 4 aromatic heterocycles. The predicted molar refractivity (Wildman–Crippen MR) is 146 cm³/mol. The van der Waals surface area contributed by atoms with Gasteiger partial charge in [0.25, 0.3) is 11.5 Å². The number of carbonyl (C=O) groups excluding carboxylic acids is 1. The summed E-state index contributed by atoms with van der Waals surface area (Å²) in [5.74, 6) is 0.261. The number of para-hydroxylation sites is 1. The summed E-state index contributed by atoms with van der Waals surface area (Å²) in [4.78, 5) is 35.4. The topological polar surface area (TPSA) is 155 Å². The molecule has 5 aromatic rings. The molecule has 0 bridgehead atoms. The first-order valence-electron chi connectivity index (χ1n) is 13.1. The Morgan fingerprint density at radius 2 is 1.95 bits per heavy atom. The normalized spacial score (nSPS) is 18.3. The van der Waals surface area contributed by atoms with Gasteiger partial charge in [-0.1, -0.05) is 18.2 Å². The van der Waals surface area contributed by atoms with Crippen molar-refractivity contribution >= 4 is 23.1 Å². The lowest BCUT2D eigenvalue weighted by atomic mass is 9.80. The van der Waals surface area contributed by atoms with Gasteiger partial charge in [-0.3, -0.25) is 14.3 Å². The molecule has 1 aliphatic carbocycles. The largest absolute Gasteiger partial charge is 0.393 e. The van der Waals surface area contributed by atoms with E-state index in [1.807, 2.05) is 42.5 Å². The molecule has 2 aliphatic rings. The van der Waals surface area contributed by atoms with E-state index in [4.69, 9.17) is 10.5 Å². The number of nitrogens with one attached hydrogen (secondary N) is 1. The molecule has 5 heterocycles. The molecule has 0 spiro atoms. The van der Waals surface area contributed by atoms with E-state index in [2.05, 4.69) is 20.4 Å². The van der Waals surface area contributed by atoms with Gasteiger partial charge in [0.15, 0.2) is 5.82 Å². The van der Waals surface area contributed by atoms with E-state index in [0.29, 0.717) is 54.5 Å². The first kappa shape index (κ1) is 24.2. The van der Waals surface area contributed by atoms with E-state index in [0.717, 1.165) is 16.8 Å². The zero-order valence-corrected chi connectivity index (χ0v) is 21.4. The maximum atomic E-state index is 13.5. The molecule has 7 rings (SSSR count). The number of anilines is 2. The minimum Gasteiger partial charge on any atom is -0.393 e. The highest BCUT2D eigenvalue weighted by Crippen LogP contribution is 2.41. The molecule has 0 saturated heterocycles. The number of pyridine rings is 1. The minimum absolute atomic E-state index is 0.0325. The Kier molecular flexibility index (Phi) is 5.72. The molecule has 0 radical (unpaired) electrons. The zero-order chi connectivity index (χ0) is 27.4. The number of nitrogens with two attached hydrogens (primary N) is 1. The van der Waals surface area contributed by atoms with Crippen molar-refractivity contribution in [1.82, 2.24) is 28.9 Å². The Bertz CT molecular complexity index is 1800. The Balaban J connectivity index is 1.20. The van der Waals surface area contributed by atoms with E-state index >= 15 is 0 Å². The average Bonchev–Trinajstić information content (AvgIpc) is 3.48. The number of hydrogen-bond acceptors (Lipinski definition) is 8. The molecule has 1 saturated carbocycles. The van der Waals surface area contributed by atoms with Crippen molar-refractivity contribution in [2.75, 3.05) is 17.7 Å². The lowest BCUT2D eigenvalue weighted by molar-refractivity contribution is 0.0726. The fraction of sp³-hybridized carbons (Fsp3) is 0.250. The molecule has 1 fully saturated rings. The second kappa shape index (κ2) is 9.43. The summed E-state index contributed by atoms with van der Waals surface area (Å²) < 4.78 is 10.7. The molecule has 202 valence electrons. The minimum atomic E-state index is -0.549. The number of carbonyl (C=O) groups is 1. The number of nitrogens with zero attached hydrogens (tertiary/aromatic N) is 6. The molecule has 0 atom stereocenters. The quantitative estimate of drug-likeness (QED) is 0.308. The number of benzene rings is 1. The van der Waals surface area contributed by atoms with Crippen LogP contribution in [0.25, 0.3) is 22.3 Å². The maximum absolute atomic E-state index is 13.5. The standard InChI is InChI=1S/C28H26N8O4/c29-26-25-20(12-21(17-10-19(37)11-17)35(25)32-15-31-26)16-6-7-23(30-13-16)33-27(38)24-22-14-40-9-8-34(22)36(28(24)39)18-4-2-1-3-5-18/h1-7,12-13,15,17,19,37H,8-11,14H2,(H2,29,31,32)(H,30,33,38). The summed E-state index contributed by atoms with van der Waals surface area (Å²) in [5, 5.41) is 17.0. The van der Waals surface area contributed by atoms with Gasteiger partial charge in [0.05, 0.1) is 37.2 Å². The first-order valence-corrected chi connectivity index (χ1v) is 13.1. The van der Waals surface area contributed by atoms with Crippen LogP contribution in [0.4, 0.5) is 11.6 Å². The monoisotopic (exact) mass is 538 g/mol. The van der Waals surface area contributed by atoms with Crippen molar-refractivity contribution in [2.45, 2.75) is 38.0 Å². The summed E-state index contributed by atoms with van der Waals surface area (Å²) >= 11 is 0. The number of fused-ring (bicyclic) bond motifs is 2. The Hall–Kier alpha value is -4.81. The Labute approximate surface area is 227 Å². The predicted octanol–water partition coefficient (Wildman–Crippen LogP) is 2.35. The number of aromatic nitrogens is 6. The molecule has 4 N–H and O–H groups in total. The summed E-state index contributed by atoms with van der Waals surface area (Å²) in [6, 6.07) is 14.7. The van der Waals surface area contributed by atoms with Gasteiger partial charge in [-0.2, -0.15) is 5.10 Å². The van der Waals surface area contributed by atoms with Crippen molar-refractivity contribution in [3.05, 3.63) is 88.4 Å². The van der Waals surface area contributed by atoms with Crippen LogP contribution in [0.5, 0.6) is 0 Å². The van der Waals surface area contributed by atoms with Crippen LogP contribution in [0.3, 0.4) is 0 Å². The highest BCUT2D eigenvalue weighted by Gasteiger charge is 2.32. The van der Waals surface area contributed by atoms with Crippen LogP contribution in [-0.4, -0.2) is 52.7 Å². The van der Waals surface area contributed by atoms with Gasteiger partial charge >= 0.3 is 0 Å².